The second-order valence-electron chi connectivity index (χ2n) is 6.93. The number of hydrogen-bond acceptors (Lipinski definition) is 4. The first-order valence-corrected chi connectivity index (χ1v) is 9.44. The molecule has 6 heteroatoms. The fourth-order valence-corrected chi connectivity index (χ4v) is 4.02. The molecule has 140 valence electrons. The van der Waals surface area contributed by atoms with E-state index in [2.05, 4.69) is 29.3 Å². The van der Waals surface area contributed by atoms with Gasteiger partial charge in [-0.3, -0.25) is 9.69 Å². The highest BCUT2D eigenvalue weighted by atomic mass is 35.5. The molecule has 1 saturated heterocycles. The summed E-state index contributed by atoms with van der Waals surface area (Å²) in [5.74, 6) is 0.0300. The van der Waals surface area contributed by atoms with E-state index in [-0.39, 0.29) is 23.7 Å². The van der Waals surface area contributed by atoms with E-state index in [0.29, 0.717) is 13.1 Å². The maximum atomic E-state index is 12.5. The van der Waals surface area contributed by atoms with Crippen LogP contribution in [0.25, 0.3) is 0 Å². The SMILES string of the molecule is CC1(CN)CCN(CC(=O)Nc2ccccc2Sc2ccccc2)C1.Cl. The number of rotatable bonds is 6. The molecule has 4 nitrogen and oxygen atoms in total. The number of likely N-dealkylation sites (tertiary alicyclic amines) is 1. The van der Waals surface area contributed by atoms with Crippen LogP contribution in [-0.2, 0) is 4.79 Å². The molecule has 1 amide bonds. The van der Waals surface area contributed by atoms with E-state index >= 15 is 0 Å². The second kappa shape index (κ2) is 9.42. The van der Waals surface area contributed by atoms with Crippen molar-refractivity contribution in [2.45, 2.75) is 23.1 Å². The van der Waals surface area contributed by atoms with E-state index in [1.165, 1.54) is 0 Å². The molecular formula is C20H26ClN3OS. The van der Waals surface area contributed by atoms with Gasteiger partial charge in [0.1, 0.15) is 0 Å². The Kier molecular flexibility index (Phi) is 7.53. The summed E-state index contributed by atoms with van der Waals surface area (Å²) in [7, 11) is 0. The predicted octanol–water partition coefficient (Wildman–Crippen LogP) is 3.87. The van der Waals surface area contributed by atoms with Gasteiger partial charge in [0.05, 0.1) is 12.2 Å². The number of halogens is 1. The van der Waals surface area contributed by atoms with E-state index in [1.54, 1.807) is 11.8 Å². The van der Waals surface area contributed by atoms with Gasteiger partial charge in [0.2, 0.25) is 5.91 Å². The largest absolute Gasteiger partial charge is 0.330 e. The molecule has 0 aliphatic carbocycles. The lowest BCUT2D eigenvalue weighted by Gasteiger charge is -2.22. The molecule has 2 aromatic rings. The molecule has 1 unspecified atom stereocenters. The Bertz CT molecular complexity index is 728. The van der Waals surface area contributed by atoms with Crippen LogP contribution in [0.5, 0.6) is 0 Å². The summed E-state index contributed by atoms with van der Waals surface area (Å²) >= 11 is 1.66. The molecule has 2 aromatic carbocycles. The fraction of sp³-hybridized carbons (Fsp3) is 0.350. The van der Waals surface area contributed by atoms with E-state index in [9.17, 15) is 4.79 Å². The molecule has 26 heavy (non-hydrogen) atoms. The predicted molar refractivity (Wildman–Crippen MR) is 111 cm³/mol. The quantitative estimate of drug-likeness (QED) is 0.784. The third kappa shape index (κ3) is 5.48. The van der Waals surface area contributed by atoms with E-state index in [4.69, 9.17) is 5.73 Å². The third-order valence-corrected chi connectivity index (χ3v) is 5.71. The van der Waals surface area contributed by atoms with Crippen molar-refractivity contribution in [2.75, 3.05) is 31.5 Å². The van der Waals surface area contributed by atoms with E-state index in [1.807, 2.05) is 42.5 Å². The Labute approximate surface area is 165 Å². The van der Waals surface area contributed by atoms with Crippen molar-refractivity contribution >= 4 is 35.8 Å². The summed E-state index contributed by atoms with van der Waals surface area (Å²) in [5.41, 5.74) is 6.85. The van der Waals surface area contributed by atoms with Crippen molar-refractivity contribution in [3.8, 4) is 0 Å². The molecular weight excluding hydrogens is 366 g/mol. The van der Waals surface area contributed by atoms with Gasteiger partial charge >= 0.3 is 0 Å². The van der Waals surface area contributed by atoms with Crippen molar-refractivity contribution in [3.05, 3.63) is 54.6 Å². The summed E-state index contributed by atoms with van der Waals surface area (Å²) in [6.07, 6.45) is 1.05. The van der Waals surface area contributed by atoms with Gasteiger partial charge in [-0.05, 0) is 49.2 Å². The molecule has 1 aliphatic rings. The van der Waals surface area contributed by atoms with E-state index in [0.717, 1.165) is 35.0 Å². The number of anilines is 1. The lowest BCUT2D eigenvalue weighted by atomic mass is 9.90. The fourth-order valence-electron chi connectivity index (χ4n) is 3.09. The number of hydrogen-bond donors (Lipinski definition) is 2. The molecule has 1 aliphatic heterocycles. The van der Waals surface area contributed by atoms with Crippen LogP contribution in [0.3, 0.4) is 0 Å². The highest BCUT2D eigenvalue weighted by molar-refractivity contribution is 7.99. The molecule has 1 heterocycles. The zero-order valence-corrected chi connectivity index (χ0v) is 16.6. The van der Waals surface area contributed by atoms with Crippen molar-refractivity contribution in [1.82, 2.24) is 4.90 Å². The van der Waals surface area contributed by atoms with Crippen molar-refractivity contribution in [3.63, 3.8) is 0 Å². The minimum Gasteiger partial charge on any atom is -0.330 e. The van der Waals surface area contributed by atoms with Gasteiger partial charge in [0.25, 0.3) is 0 Å². The number of nitrogens with two attached hydrogens (primary N) is 1. The van der Waals surface area contributed by atoms with Crippen LogP contribution in [0.4, 0.5) is 5.69 Å². The monoisotopic (exact) mass is 391 g/mol. The number of amides is 1. The minimum atomic E-state index is 0. The van der Waals surface area contributed by atoms with Crippen molar-refractivity contribution in [2.24, 2.45) is 11.1 Å². The Hall–Kier alpha value is -1.53. The number of carbonyl (C=O) groups is 1. The Balaban J connectivity index is 0.00000243. The van der Waals surface area contributed by atoms with Crippen LogP contribution in [0.1, 0.15) is 13.3 Å². The topological polar surface area (TPSA) is 58.4 Å². The van der Waals surface area contributed by atoms with E-state index < -0.39 is 0 Å². The first-order valence-electron chi connectivity index (χ1n) is 8.62. The minimum absolute atomic E-state index is 0. The summed E-state index contributed by atoms with van der Waals surface area (Å²) in [5, 5.41) is 3.07. The molecule has 0 bridgehead atoms. The molecule has 1 fully saturated rings. The Morgan fingerprint density at radius 2 is 1.88 bits per heavy atom. The maximum Gasteiger partial charge on any atom is 0.238 e. The van der Waals surface area contributed by atoms with Gasteiger partial charge in [-0.25, -0.2) is 0 Å². The molecule has 0 spiro atoms. The summed E-state index contributed by atoms with van der Waals surface area (Å²) in [6.45, 7) is 5.09. The average molecular weight is 392 g/mol. The molecule has 3 N–H and O–H groups in total. The standard InChI is InChI=1S/C20H25N3OS.ClH/c1-20(14-21)11-12-23(15-20)13-19(24)22-17-9-5-6-10-18(17)25-16-7-3-2-4-8-16;/h2-10H,11-15,21H2,1H3,(H,22,24);1H. The van der Waals surface area contributed by atoms with Crippen LogP contribution in [-0.4, -0.2) is 37.0 Å². The zero-order valence-electron chi connectivity index (χ0n) is 15.0. The second-order valence-corrected chi connectivity index (χ2v) is 8.05. The van der Waals surface area contributed by atoms with Gasteiger partial charge in [0, 0.05) is 16.3 Å². The maximum absolute atomic E-state index is 12.5. The summed E-state index contributed by atoms with van der Waals surface area (Å²) in [4.78, 5) is 16.9. The van der Waals surface area contributed by atoms with Gasteiger partial charge in [-0.2, -0.15) is 0 Å². The van der Waals surface area contributed by atoms with Crippen LogP contribution in [0, 0.1) is 5.41 Å². The first-order chi connectivity index (χ1) is 12.1. The van der Waals surface area contributed by atoms with Gasteiger partial charge in [-0.1, -0.05) is 49.0 Å². The summed E-state index contributed by atoms with van der Waals surface area (Å²) in [6, 6.07) is 18.1. The van der Waals surface area contributed by atoms with Crippen LogP contribution in [0.15, 0.2) is 64.4 Å². The lowest BCUT2D eigenvalue weighted by molar-refractivity contribution is -0.117. The van der Waals surface area contributed by atoms with Crippen LogP contribution >= 0.6 is 24.2 Å². The van der Waals surface area contributed by atoms with Gasteiger partial charge in [0.15, 0.2) is 0 Å². The molecule has 1 atom stereocenters. The Morgan fingerprint density at radius 3 is 2.58 bits per heavy atom. The lowest BCUT2D eigenvalue weighted by Crippen LogP contribution is -2.35. The highest BCUT2D eigenvalue weighted by Crippen LogP contribution is 2.33. The number of nitrogens with zero attached hydrogens (tertiary/aromatic N) is 1. The zero-order chi connectivity index (χ0) is 17.7. The molecule has 0 radical (unpaired) electrons. The third-order valence-electron chi connectivity index (χ3n) is 4.63. The number of para-hydroxylation sites is 1. The number of nitrogens with one attached hydrogen (secondary N) is 1. The highest BCUT2D eigenvalue weighted by Gasteiger charge is 2.33. The number of carbonyl (C=O) groups excluding carboxylic acids is 1. The van der Waals surface area contributed by atoms with Gasteiger partial charge in [-0.15, -0.1) is 12.4 Å². The average Bonchev–Trinajstić information content (AvgIpc) is 2.99. The molecule has 0 aromatic heterocycles. The number of benzene rings is 2. The van der Waals surface area contributed by atoms with Gasteiger partial charge < -0.3 is 11.1 Å². The van der Waals surface area contributed by atoms with Crippen LogP contribution < -0.4 is 11.1 Å². The Morgan fingerprint density at radius 1 is 1.19 bits per heavy atom. The summed E-state index contributed by atoms with van der Waals surface area (Å²) < 4.78 is 0. The van der Waals surface area contributed by atoms with Crippen molar-refractivity contribution in [1.29, 1.82) is 0 Å². The molecule has 3 rings (SSSR count). The first kappa shape index (κ1) is 20.8. The smallest absolute Gasteiger partial charge is 0.238 e. The van der Waals surface area contributed by atoms with Crippen LogP contribution in [0.2, 0.25) is 0 Å². The normalized spacial score (nSPS) is 19.8. The van der Waals surface area contributed by atoms with Crippen molar-refractivity contribution < 1.29 is 4.79 Å². The molecule has 0 saturated carbocycles.